The van der Waals surface area contributed by atoms with E-state index in [2.05, 4.69) is 37.8 Å². The molecular formula is C13H27N. The third-order valence-corrected chi connectivity index (χ3v) is 2.51. The van der Waals surface area contributed by atoms with Crippen molar-refractivity contribution in [3.63, 3.8) is 0 Å². The van der Waals surface area contributed by atoms with Crippen LogP contribution in [0.1, 0.15) is 52.9 Å². The Morgan fingerprint density at radius 1 is 0.929 bits per heavy atom. The summed E-state index contributed by atoms with van der Waals surface area (Å²) in [6, 6.07) is 0. The molecule has 0 spiro atoms. The van der Waals surface area contributed by atoms with E-state index in [0.717, 1.165) is 6.54 Å². The lowest BCUT2D eigenvalue weighted by Gasteiger charge is -2.20. The molecule has 0 aromatic rings. The number of unbranched alkanes of at least 4 members (excludes halogenated alkanes) is 3. The summed E-state index contributed by atoms with van der Waals surface area (Å²) in [6.07, 6.45) is 11.1. The molecule has 0 bridgehead atoms. The van der Waals surface area contributed by atoms with E-state index in [0.29, 0.717) is 0 Å². The molecule has 1 nitrogen and oxygen atoms in total. The molecule has 0 aromatic heterocycles. The van der Waals surface area contributed by atoms with Gasteiger partial charge in [0.1, 0.15) is 0 Å². The fourth-order valence-corrected chi connectivity index (χ4v) is 1.52. The van der Waals surface area contributed by atoms with Crippen LogP contribution < -0.4 is 0 Å². The van der Waals surface area contributed by atoms with Gasteiger partial charge in [-0.05, 0) is 32.9 Å². The van der Waals surface area contributed by atoms with Crippen LogP contribution in [0.5, 0.6) is 0 Å². The van der Waals surface area contributed by atoms with E-state index in [4.69, 9.17) is 0 Å². The van der Waals surface area contributed by atoms with Gasteiger partial charge in [-0.25, -0.2) is 0 Å². The van der Waals surface area contributed by atoms with Crippen LogP contribution in [-0.2, 0) is 0 Å². The van der Waals surface area contributed by atoms with Gasteiger partial charge in [-0.3, -0.25) is 4.90 Å². The molecule has 1 heteroatoms. The minimum atomic E-state index is 1.14. The number of hydrogen-bond donors (Lipinski definition) is 0. The molecule has 0 unspecified atom stereocenters. The largest absolute Gasteiger partial charge is 0.300 e. The lowest BCUT2D eigenvalue weighted by atomic mass is 10.2. The smallest absolute Gasteiger partial charge is 0.0163 e. The summed E-state index contributed by atoms with van der Waals surface area (Å²) in [5.74, 6) is 0. The molecule has 0 saturated carbocycles. The highest BCUT2D eigenvalue weighted by Gasteiger charge is 2.00. The molecule has 0 aliphatic heterocycles. The third-order valence-electron chi connectivity index (χ3n) is 2.51. The van der Waals surface area contributed by atoms with E-state index < -0.39 is 0 Å². The molecule has 0 N–H and O–H groups in total. The normalized spacial score (nSPS) is 11.7. The van der Waals surface area contributed by atoms with Crippen molar-refractivity contribution in [2.45, 2.75) is 52.9 Å². The Labute approximate surface area is 90.2 Å². The van der Waals surface area contributed by atoms with Crippen LogP contribution >= 0.6 is 0 Å². The van der Waals surface area contributed by atoms with Crippen molar-refractivity contribution < 1.29 is 0 Å². The summed E-state index contributed by atoms with van der Waals surface area (Å²) in [7, 11) is 0. The molecule has 0 atom stereocenters. The van der Waals surface area contributed by atoms with Crippen molar-refractivity contribution in [3.8, 4) is 0 Å². The van der Waals surface area contributed by atoms with Gasteiger partial charge in [0.05, 0.1) is 0 Å². The van der Waals surface area contributed by atoms with Crippen LogP contribution in [0, 0.1) is 0 Å². The summed E-state index contributed by atoms with van der Waals surface area (Å²) in [4.78, 5) is 2.57. The fourth-order valence-electron chi connectivity index (χ4n) is 1.52. The fraction of sp³-hybridized carbons (Fsp3) is 0.846. The second-order valence-electron chi connectivity index (χ2n) is 3.93. The quantitative estimate of drug-likeness (QED) is 0.401. The van der Waals surface area contributed by atoms with E-state index in [9.17, 15) is 0 Å². The summed E-state index contributed by atoms with van der Waals surface area (Å²) < 4.78 is 0. The number of nitrogens with zero attached hydrogens (tertiary/aromatic N) is 1. The number of rotatable bonds is 9. The van der Waals surface area contributed by atoms with Gasteiger partial charge in [-0.2, -0.15) is 0 Å². The summed E-state index contributed by atoms with van der Waals surface area (Å²) >= 11 is 0. The monoisotopic (exact) mass is 197 g/mol. The van der Waals surface area contributed by atoms with Gasteiger partial charge < -0.3 is 0 Å². The van der Waals surface area contributed by atoms with E-state index in [1.54, 1.807) is 0 Å². The first-order valence-corrected chi connectivity index (χ1v) is 6.18. The molecule has 84 valence electrons. The Bertz CT molecular complexity index is 129. The summed E-state index contributed by atoms with van der Waals surface area (Å²) in [5, 5.41) is 0. The highest BCUT2D eigenvalue weighted by atomic mass is 15.1. The molecule has 0 saturated heterocycles. The first kappa shape index (κ1) is 13.7. The number of hydrogen-bond acceptors (Lipinski definition) is 1. The lowest BCUT2D eigenvalue weighted by Crippen LogP contribution is -2.26. The van der Waals surface area contributed by atoms with Crippen molar-refractivity contribution in [1.29, 1.82) is 0 Å². The minimum Gasteiger partial charge on any atom is -0.300 e. The molecule has 0 radical (unpaired) electrons. The molecule has 0 amide bonds. The van der Waals surface area contributed by atoms with Crippen molar-refractivity contribution in [1.82, 2.24) is 4.90 Å². The summed E-state index contributed by atoms with van der Waals surface area (Å²) in [6.45, 7) is 10.3. The molecule has 0 aliphatic carbocycles. The Morgan fingerprint density at radius 3 is 2.14 bits per heavy atom. The second-order valence-corrected chi connectivity index (χ2v) is 3.93. The van der Waals surface area contributed by atoms with Crippen molar-refractivity contribution in [2.24, 2.45) is 0 Å². The maximum Gasteiger partial charge on any atom is 0.0163 e. The minimum absolute atomic E-state index is 1.14. The van der Waals surface area contributed by atoms with Gasteiger partial charge in [0.25, 0.3) is 0 Å². The van der Waals surface area contributed by atoms with E-state index in [-0.39, 0.29) is 0 Å². The Hall–Kier alpha value is -0.300. The summed E-state index contributed by atoms with van der Waals surface area (Å²) in [5.41, 5.74) is 0. The Kier molecular flexibility index (Phi) is 10.5. The zero-order chi connectivity index (χ0) is 10.6. The van der Waals surface area contributed by atoms with Gasteiger partial charge in [0.15, 0.2) is 0 Å². The molecule has 0 aliphatic rings. The van der Waals surface area contributed by atoms with Crippen LogP contribution in [-0.4, -0.2) is 24.5 Å². The first-order chi connectivity index (χ1) is 6.85. The highest BCUT2D eigenvalue weighted by Crippen LogP contribution is 2.01. The molecule has 0 fully saturated rings. The van der Waals surface area contributed by atoms with Crippen LogP contribution in [0.15, 0.2) is 12.2 Å². The average Bonchev–Trinajstić information content (AvgIpc) is 2.21. The van der Waals surface area contributed by atoms with Crippen LogP contribution in [0.3, 0.4) is 0 Å². The molecule has 0 heterocycles. The average molecular weight is 197 g/mol. The zero-order valence-electron chi connectivity index (χ0n) is 10.3. The van der Waals surface area contributed by atoms with E-state index >= 15 is 0 Å². The van der Waals surface area contributed by atoms with Gasteiger partial charge in [-0.15, -0.1) is 0 Å². The van der Waals surface area contributed by atoms with Crippen LogP contribution in [0.2, 0.25) is 0 Å². The molecule has 0 rings (SSSR count). The third kappa shape index (κ3) is 8.31. The standard InChI is InChI=1S/C13H27N/c1-4-7-10-13-14(11-8-5-2)12-9-6-3/h5,8H,4,6-7,9-13H2,1-3H3. The molecule has 0 aromatic carbocycles. The van der Waals surface area contributed by atoms with Crippen LogP contribution in [0.25, 0.3) is 0 Å². The molecule has 14 heavy (non-hydrogen) atoms. The van der Waals surface area contributed by atoms with Crippen molar-refractivity contribution in [3.05, 3.63) is 12.2 Å². The predicted octanol–water partition coefficient (Wildman–Crippen LogP) is 3.85. The van der Waals surface area contributed by atoms with Gasteiger partial charge >= 0.3 is 0 Å². The second kappa shape index (κ2) is 10.8. The molecular weight excluding hydrogens is 170 g/mol. The van der Waals surface area contributed by atoms with Crippen molar-refractivity contribution >= 4 is 0 Å². The Morgan fingerprint density at radius 2 is 1.57 bits per heavy atom. The number of allylic oxidation sites excluding steroid dienone is 1. The SMILES string of the molecule is CC=CCN(CCCC)CCCCC. The maximum absolute atomic E-state index is 2.57. The maximum atomic E-state index is 2.57. The van der Waals surface area contributed by atoms with Gasteiger partial charge in [0, 0.05) is 6.54 Å². The predicted molar refractivity (Wildman–Crippen MR) is 65.7 cm³/mol. The first-order valence-electron chi connectivity index (χ1n) is 6.18. The van der Waals surface area contributed by atoms with Crippen LogP contribution in [0.4, 0.5) is 0 Å². The lowest BCUT2D eigenvalue weighted by molar-refractivity contribution is 0.290. The van der Waals surface area contributed by atoms with E-state index in [1.165, 1.54) is 45.2 Å². The van der Waals surface area contributed by atoms with Gasteiger partial charge in [0.2, 0.25) is 0 Å². The van der Waals surface area contributed by atoms with Crippen molar-refractivity contribution in [2.75, 3.05) is 19.6 Å². The Balaban J connectivity index is 3.60. The topological polar surface area (TPSA) is 3.24 Å². The highest BCUT2D eigenvalue weighted by molar-refractivity contribution is 4.81. The van der Waals surface area contributed by atoms with Gasteiger partial charge in [-0.1, -0.05) is 45.3 Å². The van der Waals surface area contributed by atoms with E-state index in [1.807, 2.05) is 0 Å². The zero-order valence-corrected chi connectivity index (χ0v) is 10.3.